The molecule has 0 fully saturated rings. The maximum atomic E-state index is 12.0. The molecule has 27 heavy (non-hydrogen) atoms. The first-order valence-electron chi connectivity index (χ1n) is 7.75. The van der Waals surface area contributed by atoms with Crippen LogP contribution in [-0.4, -0.2) is 42.8 Å². The normalized spacial score (nSPS) is 10.1. The number of carbonyl (C=O) groups is 2. The van der Waals surface area contributed by atoms with Crippen LogP contribution in [0.4, 0.5) is 10.8 Å². The minimum absolute atomic E-state index is 0. The average molecular weight is 435 g/mol. The van der Waals surface area contributed by atoms with Crippen LogP contribution in [0.2, 0.25) is 0 Å². The van der Waals surface area contributed by atoms with Crippen LogP contribution in [0.15, 0.2) is 9.95 Å². The molecule has 0 aliphatic rings. The largest absolute Gasteiger partial charge is 0.492 e. The lowest BCUT2D eigenvalue weighted by atomic mass is 10.3. The zero-order valence-electron chi connectivity index (χ0n) is 14.6. The van der Waals surface area contributed by atoms with Crippen molar-refractivity contribution in [3.05, 3.63) is 15.4 Å². The SMILES string of the molecule is CCCCc1nnc(NC(=O)CSc2nc(O)c(NC(C)=O)c(=O)[nH]2)s1.Cl. The fourth-order valence-corrected chi connectivity index (χ4v) is 3.27. The predicted molar refractivity (Wildman–Crippen MR) is 106 cm³/mol. The highest BCUT2D eigenvalue weighted by Crippen LogP contribution is 2.21. The summed E-state index contributed by atoms with van der Waals surface area (Å²) in [6.45, 7) is 3.28. The fourth-order valence-electron chi connectivity index (χ4n) is 1.82. The van der Waals surface area contributed by atoms with Gasteiger partial charge in [0.2, 0.25) is 22.8 Å². The van der Waals surface area contributed by atoms with Crippen molar-refractivity contribution in [3.63, 3.8) is 0 Å². The number of aryl methyl sites for hydroxylation is 1. The van der Waals surface area contributed by atoms with Gasteiger partial charge in [-0.3, -0.25) is 24.7 Å². The van der Waals surface area contributed by atoms with Crippen molar-refractivity contribution in [3.8, 4) is 5.88 Å². The van der Waals surface area contributed by atoms with E-state index in [0.29, 0.717) is 5.13 Å². The molecule has 2 rings (SSSR count). The smallest absolute Gasteiger partial charge is 0.279 e. The van der Waals surface area contributed by atoms with Crippen molar-refractivity contribution in [2.75, 3.05) is 16.4 Å². The van der Waals surface area contributed by atoms with Crippen molar-refractivity contribution in [1.82, 2.24) is 20.2 Å². The number of aromatic nitrogens is 4. The second-order valence-electron chi connectivity index (χ2n) is 5.19. The molecule has 2 amide bonds. The fraction of sp³-hybridized carbons (Fsp3) is 0.429. The number of unbranched alkanes of at least 4 members (excludes halogenated alkanes) is 1. The van der Waals surface area contributed by atoms with E-state index in [1.807, 2.05) is 0 Å². The van der Waals surface area contributed by atoms with Crippen molar-refractivity contribution < 1.29 is 14.7 Å². The van der Waals surface area contributed by atoms with Crippen LogP contribution in [-0.2, 0) is 16.0 Å². The van der Waals surface area contributed by atoms with Gasteiger partial charge in [-0.25, -0.2) is 0 Å². The first-order chi connectivity index (χ1) is 12.4. The monoisotopic (exact) mass is 434 g/mol. The van der Waals surface area contributed by atoms with E-state index in [1.54, 1.807) is 0 Å². The Bertz CT molecular complexity index is 856. The first kappa shape index (κ1) is 22.9. The molecular formula is C14H19ClN6O4S2. The van der Waals surface area contributed by atoms with E-state index in [4.69, 9.17) is 0 Å². The molecule has 0 radical (unpaired) electrons. The highest BCUT2D eigenvalue weighted by molar-refractivity contribution is 7.99. The van der Waals surface area contributed by atoms with Crippen LogP contribution in [0.5, 0.6) is 5.88 Å². The van der Waals surface area contributed by atoms with Gasteiger partial charge < -0.3 is 10.4 Å². The van der Waals surface area contributed by atoms with E-state index in [0.717, 1.165) is 36.0 Å². The predicted octanol–water partition coefficient (Wildman–Crippen LogP) is 1.78. The Morgan fingerprint density at radius 2 is 2.04 bits per heavy atom. The van der Waals surface area contributed by atoms with Gasteiger partial charge in [-0.1, -0.05) is 36.4 Å². The van der Waals surface area contributed by atoms with Crippen LogP contribution < -0.4 is 16.2 Å². The summed E-state index contributed by atoms with van der Waals surface area (Å²) in [5, 5.41) is 23.8. The molecular weight excluding hydrogens is 416 g/mol. The molecule has 2 aromatic rings. The summed E-state index contributed by atoms with van der Waals surface area (Å²) in [6, 6.07) is 0. The number of nitrogens with zero attached hydrogens (tertiary/aromatic N) is 3. The summed E-state index contributed by atoms with van der Waals surface area (Å²) < 4.78 is 0. The van der Waals surface area contributed by atoms with Gasteiger partial charge in [0, 0.05) is 13.3 Å². The minimum Gasteiger partial charge on any atom is -0.492 e. The molecule has 0 aliphatic carbocycles. The molecule has 10 nitrogen and oxygen atoms in total. The third-order valence-corrected chi connectivity index (χ3v) is 4.75. The highest BCUT2D eigenvalue weighted by atomic mass is 35.5. The number of nitrogens with one attached hydrogen (secondary N) is 3. The number of H-pyrrole nitrogens is 1. The van der Waals surface area contributed by atoms with Crippen LogP contribution in [0.3, 0.4) is 0 Å². The molecule has 0 aromatic carbocycles. The van der Waals surface area contributed by atoms with E-state index in [-0.39, 0.29) is 34.9 Å². The Balaban J connectivity index is 0.00000364. The molecule has 2 aromatic heterocycles. The van der Waals surface area contributed by atoms with Crippen LogP contribution in [0.25, 0.3) is 0 Å². The number of anilines is 2. The molecule has 2 heterocycles. The van der Waals surface area contributed by atoms with E-state index in [2.05, 4.69) is 37.7 Å². The second-order valence-corrected chi connectivity index (χ2v) is 7.22. The Morgan fingerprint density at radius 1 is 1.30 bits per heavy atom. The molecule has 0 saturated carbocycles. The zero-order chi connectivity index (χ0) is 19.1. The summed E-state index contributed by atoms with van der Waals surface area (Å²) >= 11 is 2.25. The molecule has 4 N–H and O–H groups in total. The zero-order valence-corrected chi connectivity index (χ0v) is 17.0. The Morgan fingerprint density at radius 3 is 2.67 bits per heavy atom. The molecule has 0 saturated heterocycles. The van der Waals surface area contributed by atoms with Gasteiger partial charge >= 0.3 is 0 Å². The van der Waals surface area contributed by atoms with Gasteiger partial charge in [-0.15, -0.1) is 22.6 Å². The summed E-state index contributed by atoms with van der Waals surface area (Å²) in [5.74, 6) is -1.52. The summed E-state index contributed by atoms with van der Waals surface area (Å²) in [7, 11) is 0. The molecule has 0 bridgehead atoms. The third-order valence-electron chi connectivity index (χ3n) is 2.98. The number of halogens is 1. The number of hydrogen-bond acceptors (Lipinski definition) is 9. The molecule has 0 spiro atoms. The second kappa shape index (κ2) is 10.8. The molecule has 13 heteroatoms. The number of rotatable bonds is 8. The van der Waals surface area contributed by atoms with Crippen molar-refractivity contribution >= 4 is 58.1 Å². The average Bonchev–Trinajstić information content (AvgIpc) is 3.01. The third kappa shape index (κ3) is 7.15. The molecule has 0 aliphatic heterocycles. The summed E-state index contributed by atoms with van der Waals surface area (Å²) in [4.78, 5) is 40.9. The standard InChI is InChI=1S/C14H18N6O4S2.ClH/c1-3-4-5-9-19-20-14(26-9)16-8(22)6-25-13-17-11(23)10(12(24)18-13)15-7(2)21;/h3-6H2,1-2H3,(H,15,21)(H,16,20,22)(H2,17,18,23,24);1H. The lowest BCUT2D eigenvalue weighted by molar-refractivity contribution is -0.114. The first-order valence-corrected chi connectivity index (χ1v) is 9.55. The van der Waals surface area contributed by atoms with Gasteiger partial charge in [0.15, 0.2) is 10.8 Å². The maximum absolute atomic E-state index is 12.0. The van der Waals surface area contributed by atoms with Crippen LogP contribution in [0, 0.1) is 0 Å². The van der Waals surface area contributed by atoms with Crippen molar-refractivity contribution in [2.45, 2.75) is 38.3 Å². The van der Waals surface area contributed by atoms with Crippen LogP contribution >= 0.6 is 35.5 Å². The lowest BCUT2D eigenvalue weighted by Gasteiger charge is -2.05. The van der Waals surface area contributed by atoms with Gasteiger partial charge in [-0.05, 0) is 6.42 Å². The van der Waals surface area contributed by atoms with E-state index in [1.165, 1.54) is 18.3 Å². The molecule has 0 atom stereocenters. The number of hydrogen-bond donors (Lipinski definition) is 4. The van der Waals surface area contributed by atoms with E-state index in [9.17, 15) is 19.5 Å². The highest BCUT2D eigenvalue weighted by Gasteiger charge is 2.14. The van der Waals surface area contributed by atoms with Gasteiger partial charge in [-0.2, -0.15) is 4.98 Å². The van der Waals surface area contributed by atoms with Gasteiger partial charge in [0.1, 0.15) is 5.01 Å². The van der Waals surface area contributed by atoms with Crippen molar-refractivity contribution in [1.29, 1.82) is 0 Å². The Kier molecular flexibility index (Phi) is 9.18. The minimum atomic E-state index is -0.708. The molecule has 0 unspecified atom stereocenters. The summed E-state index contributed by atoms with van der Waals surface area (Å²) in [6.07, 6.45) is 2.88. The molecule has 148 valence electrons. The lowest BCUT2D eigenvalue weighted by Crippen LogP contribution is -2.19. The number of aromatic hydroxyl groups is 1. The number of thioether (sulfide) groups is 1. The number of amides is 2. The van der Waals surface area contributed by atoms with Crippen LogP contribution in [0.1, 0.15) is 31.7 Å². The van der Waals surface area contributed by atoms with Gasteiger partial charge in [0.05, 0.1) is 5.75 Å². The Hall–Kier alpha value is -2.18. The van der Waals surface area contributed by atoms with E-state index >= 15 is 0 Å². The number of aromatic amines is 1. The quantitative estimate of drug-likeness (QED) is 0.362. The summed E-state index contributed by atoms with van der Waals surface area (Å²) in [5.41, 5.74) is -1.04. The van der Waals surface area contributed by atoms with Gasteiger partial charge in [0.25, 0.3) is 5.56 Å². The Labute approximate surface area is 169 Å². The van der Waals surface area contributed by atoms with E-state index < -0.39 is 17.3 Å². The maximum Gasteiger partial charge on any atom is 0.279 e. The van der Waals surface area contributed by atoms with Crippen molar-refractivity contribution in [2.24, 2.45) is 0 Å². The topological polar surface area (TPSA) is 150 Å². The number of carbonyl (C=O) groups excluding carboxylic acids is 2.